The topological polar surface area (TPSA) is 9.86 Å². The zero-order chi connectivity index (χ0) is 19.1. The van der Waals surface area contributed by atoms with Crippen LogP contribution in [0.25, 0.3) is 21.8 Å². The van der Waals surface area contributed by atoms with Crippen LogP contribution >= 0.6 is 0 Å². The van der Waals surface area contributed by atoms with E-state index < -0.39 is 0 Å². The van der Waals surface area contributed by atoms with Crippen molar-refractivity contribution >= 4 is 21.8 Å². The summed E-state index contributed by atoms with van der Waals surface area (Å²) in [4.78, 5) is 0. The highest BCUT2D eigenvalue weighted by molar-refractivity contribution is 5.86. The molecule has 0 saturated carbocycles. The lowest BCUT2D eigenvalue weighted by Gasteiger charge is -2.25. The summed E-state index contributed by atoms with van der Waals surface area (Å²) in [6, 6.07) is 20.0. The predicted molar refractivity (Wildman–Crippen MR) is 119 cm³/mol. The van der Waals surface area contributed by atoms with E-state index >= 15 is 0 Å². The van der Waals surface area contributed by atoms with Crippen molar-refractivity contribution in [1.82, 2.24) is 9.13 Å². The van der Waals surface area contributed by atoms with Gasteiger partial charge in [0.1, 0.15) is 0 Å². The first-order valence-corrected chi connectivity index (χ1v) is 10.2. The number of hydrogen-bond donors (Lipinski definition) is 0. The fourth-order valence-electron chi connectivity index (χ4n) is 5.09. The van der Waals surface area contributed by atoms with Crippen molar-refractivity contribution in [2.45, 2.75) is 38.3 Å². The molecule has 0 fully saturated rings. The van der Waals surface area contributed by atoms with E-state index in [0.29, 0.717) is 5.92 Å². The summed E-state index contributed by atoms with van der Waals surface area (Å²) in [7, 11) is 0. The van der Waals surface area contributed by atoms with Crippen molar-refractivity contribution in [3.05, 3.63) is 96.9 Å². The minimum absolute atomic E-state index is 0.544. The Morgan fingerprint density at radius 3 is 2.43 bits per heavy atom. The maximum absolute atomic E-state index is 4.00. The summed E-state index contributed by atoms with van der Waals surface area (Å²) in [5.41, 5.74) is 7.15. The largest absolute Gasteiger partial charge is 0.341 e. The summed E-state index contributed by atoms with van der Waals surface area (Å²) >= 11 is 0. The number of nitrogens with zero attached hydrogens (tertiary/aromatic N) is 2. The van der Waals surface area contributed by atoms with Crippen molar-refractivity contribution in [1.29, 1.82) is 0 Å². The van der Waals surface area contributed by atoms with Crippen LogP contribution in [0.4, 0.5) is 0 Å². The van der Waals surface area contributed by atoms with Crippen molar-refractivity contribution < 1.29 is 0 Å². The van der Waals surface area contributed by atoms with E-state index in [0.717, 1.165) is 25.9 Å². The molecule has 0 radical (unpaired) electrons. The van der Waals surface area contributed by atoms with Gasteiger partial charge in [-0.3, -0.25) is 0 Å². The fourth-order valence-corrected chi connectivity index (χ4v) is 5.09. The van der Waals surface area contributed by atoms with Crippen molar-refractivity contribution in [2.75, 3.05) is 0 Å². The van der Waals surface area contributed by atoms with Gasteiger partial charge < -0.3 is 9.13 Å². The fraction of sp³-hybridized carbons (Fsp3) is 0.231. The van der Waals surface area contributed by atoms with E-state index in [1.54, 1.807) is 0 Å². The minimum Gasteiger partial charge on any atom is -0.341 e. The first-order chi connectivity index (χ1) is 13.8. The van der Waals surface area contributed by atoms with E-state index in [4.69, 9.17) is 0 Å². The van der Waals surface area contributed by atoms with Crippen LogP contribution in [0.2, 0.25) is 0 Å². The molecule has 0 saturated heterocycles. The molecule has 1 unspecified atom stereocenters. The van der Waals surface area contributed by atoms with Gasteiger partial charge in [-0.2, -0.15) is 0 Å². The average Bonchev–Trinajstić information content (AvgIpc) is 3.25. The zero-order valence-electron chi connectivity index (χ0n) is 16.3. The second-order valence-electron chi connectivity index (χ2n) is 7.81. The van der Waals surface area contributed by atoms with Crippen LogP contribution in [0.15, 0.2) is 79.9 Å². The molecule has 0 N–H and O–H groups in total. The lowest BCUT2D eigenvalue weighted by molar-refractivity contribution is 0.535. The van der Waals surface area contributed by atoms with Gasteiger partial charge in [0.2, 0.25) is 0 Å². The van der Waals surface area contributed by atoms with E-state index in [-0.39, 0.29) is 0 Å². The molecule has 0 aliphatic heterocycles. The van der Waals surface area contributed by atoms with Crippen LogP contribution in [-0.2, 0) is 25.9 Å². The third-order valence-corrected chi connectivity index (χ3v) is 6.26. The van der Waals surface area contributed by atoms with E-state index in [1.165, 1.54) is 45.2 Å². The summed E-state index contributed by atoms with van der Waals surface area (Å²) in [6.45, 7) is 9.72. The van der Waals surface area contributed by atoms with Gasteiger partial charge >= 0.3 is 0 Å². The van der Waals surface area contributed by atoms with Gasteiger partial charge in [0.15, 0.2) is 0 Å². The normalized spacial score (nSPS) is 16.4. The van der Waals surface area contributed by atoms with Gasteiger partial charge in [-0.25, -0.2) is 0 Å². The van der Waals surface area contributed by atoms with Gasteiger partial charge in [-0.1, -0.05) is 48.6 Å². The van der Waals surface area contributed by atoms with Crippen LogP contribution in [-0.4, -0.2) is 9.13 Å². The molecule has 0 spiro atoms. The average molecular weight is 367 g/mol. The molecule has 2 aromatic heterocycles. The first kappa shape index (κ1) is 17.1. The molecule has 140 valence electrons. The number of allylic oxidation sites excluding steroid dienone is 2. The Kier molecular flexibility index (Phi) is 4.20. The number of hydrogen-bond acceptors (Lipinski definition) is 0. The minimum atomic E-state index is 0.544. The second-order valence-corrected chi connectivity index (χ2v) is 7.81. The molecule has 1 aliphatic carbocycles. The summed E-state index contributed by atoms with van der Waals surface area (Å²) in [5, 5.41) is 2.75. The lowest BCUT2D eigenvalue weighted by Crippen LogP contribution is -2.17. The molecule has 1 atom stereocenters. The van der Waals surface area contributed by atoms with Crippen molar-refractivity contribution in [2.24, 2.45) is 0 Å². The van der Waals surface area contributed by atoms with E-state index in [9.17, 15) is 0 Å². The quantitative estimate of drug-likeness (QED) is 0.370. The van der Waals surface area contributed by atoms with Crippen LogP contribution in [0.5, 0.6) is 0 Å². The predicted octanol–water partition coefficient (Wildman–Crippen LogP) is 6.24. The molecule has 2 aromatic carbocycles. The number of rotatable bonds is 5. The molecule has 1 aliphatic rings. The zero-order valence-corrected chi connectivity index (χ0v) is 16.3. The summed E-state index contributed by atoms with van der Waals surface area (Å²) in [5.74, 6) is 0.544. The summed E-state index contributed by atoms with van der Waals surface area (Å²) < 4.78 is 4.92. The highest BCUT2D eigenvalue weighted by Crippen LogP contribution is 2.40. The Labute approximate surface area is 166 Å². The Morgan fingerprint density at radius 2 is 1.61 bits per heavy atom. The highest BCUT2D eigenvalue weighted by atomic mass is 15.0. The van der Waals surface area contributed by atoms with Crippen molar-refractivity contribution in [3.63, 3.8) is 0 Å². The lowest BCUT2D eigenvalue weighted by atomic mass is 9.84. The number of aromatic nitrogens is 2. The molecular weight excluding hydrogens is 340 g/mol. The monoisotopic (exact) mass is 366 g/mol. The number of para-hydroxylation sites is 2. The molecule has 0 bridgehead atoms. The Bertz CT molecular complexity index is 1190. The van der Waals surface area contributed by atoms with Crippen molar-refractivity contribution in [3.8, 4) is 0 Å². The van der Waals surface area contributed by atoms with Crippen LogP contribution in [0, 0.1) is 0 Å². The Morgan fingerprint density at radius 1 is 0.893 bits per heavy atom. The standard InChI is InChI=1S/C26H26N2/c1-3-15-27-23-11-7-5-9-19(23)18-26(27)20-13-14-25-22(17-20)21-10-6-8-12-24(21)28(25)16-4-2/h3-12,18,20H,1-2,13-17H2. The third-order valence-electron chi connectivity index (χ3n) is 6.26. The SMILES string of the molecule is C=CCn1c(C2CCc3c(c4ccccc4n3CC=C)C2)cc2ccccc21. The number of benzene rings is 2. The molecule has 2 nitrogen and oxygen atoms in total. The maximum atomic E-state index is 4.00. The molecular formula is C26H26N2. The smallest absolute Gasteiger partial charge is 0.0488 e. The molecule has 2 heteroatoms. The highest BCUT2D eigenvalue weighted by Gasteiger charge is 2.28. The molecule has 5 rings (SSSR count). The van der Waals surface area contributed by atoms with Gasteiger partial charge in [-0.15, -0.1) is 13.2 Å². The van der Waals surface area contributed by atoms with Gasteiger partial charge in [0, 0.05) is 46.8 Å². The Hall–Kier alpha value is -3.00. The van der Waals surface area contributed by atoms with E-state index in [1.807, 2.05) is 12.2 Å². The van der Waals surface area contributed by atoms with Gasteiger partial charge in [0.05, 0.1) is 0 Å². The third kappa shape index (κ3) is 2.56. The maximum Gasteiger partial charge on any atom is 0.0488 e. The molecule has 2 heterocycles. The van der Waals surface area contributed by atoms with Gasteiger partial charge in [-0.05, 0) is 48.4 Å². The summed E-state index contributed by atoms with van der Waals surface area (Å²) in [6.07, 6.45) is 7.44. The first-order valence-electron chi connectivity index (χ1n) is 10.2. The molecule has 0 amide bonds. The molecule has 28 heavy (non-hydrogen) atoms. The molecule has 4 aromatic rings. The van der Waals surface area contributed by atoms with Crippen LogP contribution in [0.1, 0.15) is 29.3 Å². The van der Waals surface area contributed by atoms with Crippen LogP contribution in [0.3, 0.4) is 0 Å². The van der Waals surface area contributed by atoms with Gasteiger partial charge in [0.25, 0.3) is 0 Å². The van der Waals surface area contributed by atoms with E-state index in [2.05, 4.69) is 76.9 Å². The Balaban J connectivity index is 1.63. The van der Waals surface area contributed by atoms with Crippen LogP contribution < -0.4 is 0 Å². The second kappa shape index (κ2) is 6.87. The number of fused-ring (bicyclic) bond motifs is 4.